The van der Waals surface area contributed by atoms with E-state index in [-0.39, 0.29) is 6.61 Å². The van der Waals surface area contributed by atoms with Crippen molar-refractivity contribution in [1.82, 2.24) is 20.6 Å². The first-order chi connectivity index (χ1) is 17.6. The molecule has 2 heterocycles. The topological polar surface area (TPSA) is 104 Å². The highest BCUT2D eigenvalue weighted by Crippen LogP contribution is 2.31. The largest absolute Gasteiger partial charge is 0.497 e. The third kappa shape index (κ3) is 5.00. The molecule has 0 unspecified atom stereocenters. The van der Waals surface area contributed by atoms with Crippen LogP contribution in [0.5, 0.6) is 17.2 Å². The molecule has 5 rings (SSSR count). The molecule has 0 aliphatic carbocycles. The first-order valence-electron chi connectivity index (χ1n) is 11.3. The highest BCUT2D eigenvalue weighted by Gasteiger charge is 2.28. The van der Waals surface area contributed by atoms with E-state index in [1.165, 1.54) is 0 Å². The van der Waals surface area contributed by atoms with Gasteiger partial charge in [0.25, 0.3) is 11.8 Å². The van der Waals surface area contributed by atoms with Crippen molar-refractivity contribution in [3.8, 4) is 28.5 Å². The number of amides is 2. The van der Waals surface area contributed by atoms with Gasteiger partial charge in [0, 0.05) is 11.8 Å². The van der Waals surface area contributed by atoms with Crippen molar-refractivity contribution >= 4 is 11.8 Å². The van der Waals surface area contributed by atoms with Crippen LogP contribution >= 0.6 is 0 Å². The van der Waals surface area contributed by atoms with Crippen LogP contribution in [0.15, 0.2) is 85.1 Å². The van der Waals surface area contributed by atoms with E-state index < -0.39 is 17.9 Å². The molecule has 1 aliphatic rings. The van der Waals surface area contributed by atoms with Gasteiger partial charge in [-0.15, -0.1) is 0 Å². The van der Waals surface area contributed by atoms with E-state index in [2.05, 4.69) is 16.0 Å². The van der Waals surface area contributed by atoms with Gasteiger partial charge in [-0.05, 0) is 29.8 Å². The van der Waals surface area contributed by atoms with Gasteiger partial charge >= 0.3 is 0 Å². The molecule has 1 aromatic heterocycles. The van der Waals surface area contributed by atoms with Gasteiger partial charge in [0.2, 0.25) is 6.10 Å². The Morgan fingerprint density at radius 1 is 1.00 bits per heavy atom. The van der Waals surface area contributed by atoms with Crippen LogP contribution in [0.1, 0.15) is 15.9 Å². The molecule has 0 spiro atoms. The van der Waals surface area contributed by atoms with Crippen molar-refractivity contribution in [3.05, 3.63) is 96.2 Å². The van der Waals surface area contributed by atoms with Gasteiger partial charge in [-0.1, -0.05) is 54.6 Å². The number of hydrogen-bond acceptors (Lipinski definition) is 6. The lowest BCUT2D eigenvalue weighted by Crippen LogP contribution is -2.50. The number of benzene rings is 3. The van der Waals surface area contributed by atoms with Crippen LogP contribution < -0.4 is 25.1 Å². The van der Waals surface area contributed by atoms with Gasteiger partial charge < -0.3 is 14.2 Å². The molecule has 0 fully saturated rings. The summed E-state index contributed by atoms with van der Waals surface area (Å²) >= 11 is 0. The number of ether oxygens (including phenoxy) is 3. The van der Waals surface area contributed by atoms with Crippen molar-refractivity contribution < 1.29 is 23.8 Å². The molecule has 1 atom stereocenters. The molecule has 1 aliphatic heterocycles. The van der Waals surface area contributed by atoms with E-state index in [0.29, 0.717) is 40.6 Å². The van der Waals surface area contributed by atoms with E-state index in [0.717, 1.165) is 5.56 Å². The summed E-state index contributed by atoms with van der Waals surface area (Å²) in [7, 11) is 1.58. The maximum atomic E-state index is 13.2. The second kappa shape index (κ2) is 10.2. The van der Waals surface area contributed by atoms with Gasteiger partial charge in [-0.25, -0.2) is 0 Å². The van der Waals surface area contributed by atoms with Gasteiger partial charge in [-0.3, -0.25) is 25.1 Å². The monoisotopic (exact) mass is 484 g/mol. The summed E-state index contributed by atoms with van der Waals surface area (Å²) in [6, 6.07) is 24.2. The van der Waals surface area contributed by atoms with E-state index in [1.807, 2.05) is 54.6 Å². The zero-order valence-electron chi connectivity index (χ0n) is 19.5. The van der Waals surface area contributed by atoms with Crippen molar-refractivity contribution in [1.29, 1.82) is 0 Å². The Kier molecular flexibility index (Phi) is 6.53. The summed E-state index contributed by atoms with van der Waals surface area (Å²) < 4.78 is 18.3. The zero-order valence-corrected chi connectivity index (χ0v) is 19.5. The number of hydrogen-bond donors (Lipinski definition) is 2. The third-order valence-electron chi connectivity index (χ3n) is 5.64. The van der Waals surface area contributed by atoms with Gasteiger partial charge in [-0.2, -0.15) is 5.10 Å². The maximum Gasteiger partial charge on any atom is 0.283 e. The molecule has 4 aromatic rings. The molecule has 2 amide bonds. The average Bonchev–Trinajstić information content (AvgIpc) is 3.35. The number of para-hydroxylation sites is 2. The summed E-state index contributed by atoms with van der Waals surface area (Å²) in [5.74, 6) is 0.631. The SMILES string of the molecule is COc1cccc(-c2nn(Cc3ccccc3)cc2C(=O)NNC(=O)[C@H]2COc3ccccc3O2)c1. The van der Waals surface area contributed by atoms with E-state index in [9.17, 15) is 9.59 Å². The molecule has 0 saturated carbocycles. The Balaban J connectivity index is 1.34. The molecule has 36 heavy (non-hydrogen) atoms. The Hall–Kier alpha value is -4.79. The minimum Gasteiger partial charge on any atom is -0.497 e. The van der Waals surface area contributed by atoms with E-state index in [4.69, 9.17) is 14.2 Å². The molecule has 0 radical (unpaired) electrons. The maximum absolute atomic E-state index is 13.2. The summed E-state index contributed by atoms with van der Waals surface area (Å²) in [4.78, 5) is 25.8. The lowest BCUT2D eigenvalue weighted by atomic mass is 10.1. The number of hydrazine groups is 1. The van der Waals surface area contributed by atoms with Gasteiger partial charge in [0.15, 0.2) is 11.5 Å². The Morgan fingerprint density at radius 3 is 2.58 bits per heavy atom. The highest BCUT2D eigenvalue weighted by molar-refractivity contribution is 6.00. The van der Waals surface area contributed by atoms with Crippen LogP contribution in [0.3, 0.4) is 0 Å². The Morgan fingerprint density at radius 2 is 1.78 bits per heavy atom. The van der Waals surface area contributed by atoms with Gasteiger partial charge in [0.1, 0.15) is 18.1 Å². The molecule has 2 N–H and O–H groups in total. The number of nitrogens with zero attached hydrogens (tertiary/aromatic N) is 2. The van der Waals surface area contributed by atoms with Gasteiger partial charge in [0.05, 0.1) is 19.2 Å². The smallest absolute Gasteiger partial charge is 0.283 e. The molecular weight excluding hydrogens is 460 g/mol. The Labute approximate surface area is 207 Å². The minimum atomic E-state index is -0.904. The van der Waals surface area contributed by atoms with E-state index in [1.54, 1.807) is 42.3 Å². The minimum absolute atomic E-state index is 0.0305. The first kappa shape index (κ1) is 23.0. The molecule has 182 valence electrons. The third-order valence-corrected chi connectivity index (χ3v) is 5.64. The summed E-state index contributed by atoms with van der Waals surface area (Å²) in [6.07, 6.45) is 0.749. The number of rotatable bonds is 6. The van der Waals surface area contributed by atoms with Crippen LogP contribution in [0.2, 0.25) is 0 Å². The van der Waals surface area contributed by atoms with Crippen LogP contribution in [0.25, 0.3) is 11.3 Å². The summed E-state index contributed by atoms with van der Waals surface area (Å²) in [5, 5.41) is 4.66. The van der Waals surface area contributed by atoms with E-state index >= 15 is 0 Å². The standard InChI is InChI=1S/C27H24N4O5/c1-34-20-11-7-10-19(14-20)25-21(16-31(30-25)15-18-8-3-2-4-9-18)26(32)28-29-27(33)24-17-35-22-12-5-6-13-23(22)36-24/h2-14,16,24H,15,17H2,1H3,(H,28,32)(H,29,33)/t24-/m1/s1. The van der Waals surface area contributed by atoms with Crippen molar-refractivity contribution in [2.75, 3.05) is 13.7 Å². The summed E-state index contributed by atoms with van der Waals surface area (Å²) in [6.45, 7) is 0.507. The number of fused-ring (bicyclic) bond motifs is 1. The number of nitrogens with one attached hydrogen (secondary N) is 2. The lowest BCUT2D eigenvalue weighted by Gasteiger charge is -2.25. The van der Waals surface area contributed by atoms with Crippen LogP contribution in [-0.2, 0) is 11.3 Å². The molecule has 9 heteroatoms. The zero-order chi connectivity index (χ0) is 24.9. The number of carbonyl (C=O) groups is 2. The van der Waals surface area contributed by atoms with Crippen molar-refractivity contribution in [2.45, 2.75) is 12.6 Å². The fourth-order valence-electron chi connectivity index (χ4n) is 3.84. The molecule has 0 saturated heterocycles. The molecule has 0 bridgehead atoms. The Bertz CT molecular complexity index is 1390. The van der Waals surface area contributed by atoms with Crippen LogP contribution in [0.4, 0.5) is 0 Å². The predicted molar refractivity (Wildman–Crippen MR) is 132 cm³/mol. The van der Waals surface area contributed by atoms with Crippen LogP contribution in [-0.4, -0.2) is 41.4 Å². The van der Waals surface area contributed by atoms with Crippen LogP contribution in [0, 0.1) is 0 Å². The molecule has 3 aromatic carbocycles. The second-order valence-corrected chi connectivity index (χ2v) is 8.11. The molecular formula is C27H24N4O5. The lowest BCUT2D eigenvalue weighted by molar-refractivity contribution is -0.131. The fraction of sp³-hybridized carbons (Fsp3) is 0.148. The second-order valence-electron chi connectivity index (χ2n) is 8.11. The van der Waals surface area contributed by atoms with Crippen molar-refractivity contribution in [2.24, 2.45) is 0 Å². The summed E-state index contributed by atoms with van der Waals surface area (Å²) in [5.41, 5.74) is 7.41. The highest BCUT2D eigenvalue weighted by atomic mass is 16.6. The fourth-order valence-corrected chi connectivity index (χ4v) is 3.84. The number of carbonyl (C=O) groups excluding carboxylic acids is 2. The normalized spacial score (nSPS) is 14.1. The molecule has 9 nitrogen and oxygen atoms in total. The van der Waals surface area contributed by atoms with Crippen molar-refractivity contribution in [3.63, 3.8) is 0 Å². The average molecular weight is 485 g/mol. The number of methoxy groups -OCH3 is 1. The predicted octanol–water partition coefficient (Wildman–Crippen LogP) is 3.21. The quantitative estimate of drug-likeness (QED) is 0.408. The first-order valence-corrected chi connectivity index (χ1v) is 11.3. The number of aromatic nitrogens is 2.